The lowest BCUT2D eigenvalue weighted by molar-refractivity contribution is 0.102. The van der Waals surface area contributed by atoms with Crippen molar-refractivity contribution >= 4 is 35.0 Å². The number of benzene rings is 2. The van der Waals surface area contributed by atoms with Gasteiger partial charge in [0.15, 0.2) is 0 Å². The molecule has 2 aromatic carbocycles. The van der Waals surface area contributed by atoms with E-state index in [2.05, 4.69) is 5.32 Å². The van der Waals surface area contributed by atoms with Gasteiger partial charge < -0.3 is 10.1 Å². The van der Waals surface area contributed by atoms with E-state index in [9.17, 15) is 4.79 Å². The van der Waals surface area contributed by atoms with Gasteiger partial charge in [-0.15, -0.1) is 11.8 Å². The summed E-state index contributed by atoms with van der Waals surface area (Å²) in [6.07, 6.45) is 1.99. The van der Waals surface area contributed by atoms with E-state index < -0.39 is 0 Å². The van der Waals surface area contributed by atoms with Crippen LogP contribution in [0.2, 0.25) is 5.02 Å². The van der Waals surface area contributed by atoms with Gasteiger partial charge in [-0.2, -0.15) is 0 Å². The Labute approximate surface area is 133 Å². The third-order valence-corrected chi connectivity index (χ3v) is 3.84. The van der Waals surface area contributed by atoms with Crippen molar-refractivity contribution < 1.29 is 9.53 Å². The maximum absolute atomic E-state index is 12.2. The molecule has 0 atom stereocenters. The first-order chi connectivity index (χ1) is 10.1. The lowest BCUT2D eigenvalue weighted by Crippen LogP contribution is -2.12. The molecule has 2 rings (SSSR count). The first kappa shape index (κ1) is 15.7. The van der Waals surface area contributed by atoms with Gasteiger partial charge >= 0.3 is 0 Å². The van der Waals surface area contributed by atoms with E-state index in [0.29, 0.717) is 22.9 Å². The van der Waals surface area contributed by atoms with Gasteiger partial charge in [0, 0.05) is 16.1 Å². The molecule has 110 valence electrons. The van der Waals surface area contributed by atoms with Crippen LogP contribution in [0, 0.1) is 0 Å². The normalized spacial score (nSPS) is 10.2. The van der Waals surface area contributed by atoms with Crippen molar-refractivity contribution in [2.24, 2.45) is 0 Å². The maximum Gasteiger partial charge on any atom is 0.255 e. The van der Waals surface area contributed by atoms with Crippen LogP contribution in [0.4, 0.5) is 5.69 Å². The monoisotopic (exact) mass is 321 g/mol. The molecule has 1 N–H and O–H groups in total. The van der Waals surface area contributed by atoms with Crippen molar-refractivity contribution in [3.05, 3.63) is 53.1 Å². The van der Waals surface area contributed by atoms with E-state index in [-0.39, 0.29) is 5.91 Å². The van der Waals surface area contributed by atoms with E-state index in [1.165, 1.54) is 0 Å². The number of nitrogens with one attached hydrogen (secondary N) is 1. The van der Waals surface area contributed by atoms with Crippen LogP contribution in [0.3, 0.4) is 0 Å². The van der Waals surface area contributed by atoms with Crippen LogP contribution < -0.4 is 10.1 Å². The summed E-state index contributed by atoms with van der Waals surface area (Å²) in [6.45, 7) is 2.42. The molecular weight excluding hydrogens is 306 g/mol. The second-order valence-electron chi connectivity index (χ2n) is 4.26. The highest BCUT2D eigenvalue weighted by atomic mass is 35.5. The van der Waals surface area contributed by atoms with Gasteiger partial charge in [0.05, 0.1) is 11.6 Å². The SMILES string of the molecule is CCOc1ccc(C(=O)Nc2cccc(SC)c2)cc1Cl. The highest BCUT2D eigenvalue weighted by molar-refractivity contribution is 7.98. The largest absolute Gasteiger partial charge is 0.492 e. The smallest absolute Gasteiger partial charge is 0.255 e. The van der Waals surface area contributed by atoms with Gasteiger partial charge in [0.1, 0.15) is 5.75 Å². The van der Waals surface area contributed by atoms with Crippen LogP contribution in [-0.4, -0.2) is 18.8 Å². The quantitative estimate of drug-likeness (QED) is 0.810. The molecule has 0 aliphatic carbocycles. The average molecular weight is 322 g/mol. The van der Waals surface area contributed by atoms with Crippen LogP contribution in [-0.2, 0) is 0 Å². The van der Waals surface area contributed by atoms with E-state index >= 15 is 0 Å². The van der Waals surface area contributed by atoms with Crippen LogP contribution in [0.15, 0.2) is 47.4 Å². The van der Waals surface area contributed by atoms with Crippen molar-refractivity contribution in [2.75, 3.05) is 18.2 Å². The molecule has 0 aliphatic rings. The maximum atomic E-state index is 12.2. The number of anilines is 1. The Hall–Kier alpha value is -1.65. The average Bonchev–Trinajstić information content (AvgIpc) is 2.49. The van der Waals surface area contributed by atoms with Crippen LogP contribution in [0.1, 0.15) is 17.3 Å². The summed E-state index contributed by atoms with van der Waals surface area (Å²) in [4.78, 5) is 13.3. The molecule has 5 heteroatoms. The molecule has 1 amide bonds. The molecule has 0 bridgehead atoms. The summed E-state index contributed by atoms with van der Waals surface area (Å²) in [5.41, 5.74) is 1.26. The summed E-state index contributed by atoms with van der Waals surface area (Å²) < 4.78 is 5.35. The molecule has 0 heterocycles. The third-order valence-electron chi connectivity index (χ3n) is 2.82. The van der Waals surface area contributed by atoms with Crippen LogP contribution in [0.5, 0.6) is 5.75 Å². The summed E-state index contributed by atoms with van der Waals surface area (Å²) in [7, 11) is 0. The lowest BCUT2D eigenvalue weighted by atomic mass is 10.2. The number of thioether (sulfide) groups is 1. The van der Waals surface area contributed by atoms with Crippen molar-refractivity contribution in [2.45, 2.75) is 11.8 Å². The molecule has 0 radical (unpaired) electrons. The van der Waals surface area contributed by atoms with Crippen molar-refractivity contribution in [3.8, 4) is 5.75 Å². The van der Waals surface area contributed by atoms with E-state index in [1.54, 1.807) is 30.0 Å². The van der Waals surface area contributed by atoms with Gasteiger partial charge in [0.2, 0.25) is 0 Å². The minimum absolute atomic E-state index is 0.196. The second kappa shape index (κ2) is 7.38. The van der Waals surface area contributed by atoms with Gasteiger partial charge in [-0.1, -0.05) is 17.7 Å². The molecular formula is C16H16ClNO2S. The van der Waals surface area contributed by atoms with Crippen LogP contribution >= 0.6 is 23.4 Å². The highest BCUT2D eigenvalue weighted by Crippen LogP contribution is 2.26. The molecule has 0 saturated carbocycles. The highest BCUT2D eigenvalue weighted by Gasteiger charge is 2.10. The number of carbonyl (C=O) groups is 1. The van der Waals surface area contributed by atoms with Crippen molar-refractivity contribution in [1.29, 1.82) is 0 Å². The number of hydrogen-bond acceptors (Lipinski definition) is 3. The number of amides is 1. The van der Waals surface area contributed by atoms with Gasteiger partial charge in [-0.05, 0) is 49.6 Å². The molecule has 0 unspecified atom stereocenters. The van der Waals surface area contributed by atoms with E-state index in [0.717, 1.165) is 10.6 Å². The molecule has 3 nitrogen and oxygen atoms in total. The zero-order valence-corrected chi connectivity index (χ0v) is 13.4. The number of halogens is 1. The van der Waals surface area contributed by atoms with Gasteiger partial charge in [0.25, 0.3) is 5.91 Å². The fraction of sp³-hybridized carbons (Fsp3) is 0.188. The lowest BCUT2D eigenvalue weighted by Gasteiger charge is -2.09. The summed E-state index contributed by atoms with van der Waals surface area (Å²) in [6, 6.07) is 12.7. The Balaban J connectivity index is 2.14. The Morgan fingerprint density at radius 3 is 2.76 bits per heavy atom. The third kappa shape index (κ3) is 4.16. The molecule has 0 spiro atoms. The predicted molar refractivity (Wildman–Crippen MR) is 88.8 cm³/mol. The first-order valence-corrected chi connectivity index (χ1v) is 8.12. The first-order valence-electron chi connectivity index (χ1n) is 6.51. The predicted octanol–water partition coefficient (Wildman–Crippen LogP) is 4.71. The van der Waals surface area contributed by atoms with E-state index in [1.807, 2.05) is 37.4 Å². The Bertz CT molecular complexity index is 646. The zero-order chi connectivity index (χ0) is 15.2. The van der Waals surface area contributed by atoms with Gasteiger partial charge in [-0.3, -0.25) is 4.79 Å². The Morgan fingerprint density at radius 1 is 1.29 bits per heavy atom. The van der Waals surface area contributed by atoms with E-state index in [4.69, 9.17) is 16.3 Å². The summed E-state index contributed by atoms with van der Waals surface area (Å²) in [5, 5.41) is 3.29. The van der Waals surface area contributed by atoms with Gasteiger partial charge in [-0.25, -0.2) is 0 Å². The van der Waals surface area contributed by atoms with Crippen molar-refractivity contribution in [1.82, 2.24) is 0 Å². The second-order valence-corrected chi connectivity index (χ2v) is 5.55. The fourth-order valence-electron chi connectivity index (χ4n) is 1.82. The standard InChI is InChI=1S/C16H16ClNO2S/c1-3-20-15-8-7-11(9-14(15)17)16(19)18-12-5-4-6-13(10-12)21-2/h4-10H,3H2,1-2H3,(H,18,19). The molecule has 2 aromatic rings. The Morgan fingerprint density at radius 2 is 2.10 bits per heavy atom. The fourth-order valence-corrected chi connectivity index (χ4v) is 2.51. The Kier molecular flexibility index (Phi) is 5.53. The minimum atomic E-state index is -0.196. The number of rotatable bonds is 5. The van der Waals surface area contributed by atoms with Crippen molar-refractivity contribution in [3.63, 3.8) is 0 Å². The summed E-state index contributed by atoms with van der Waals surface area (Å²) in [5.74, 6) is 0.387. The van der Waals surface area contributed by atoms with Crippen LogP contribution in [0.25, 0.3) is 0 Å². The molecule has 0 fully saturated rings. The summed E-state index contributed by atoms with van der Waals surface area (Å²) >= 11 is 7.72. The molecule has 0 aliphatic heterocycles. The number of hydrogen-bond donors (Lipinski definition) is 1. The molecule has 0 saturated heterocycles. The topological polar surface area (TPSA) is 38.3 Å². The number of carbonyl (C=O) groups excluding carboxylic acids is 1. The molecule has 21 heavy (non-hydrogen) atoms. The zero-order valence-electron chi connectivity index (χ0n) is 11.9. The molecule has 0 aromatic heterocycles. The number of ether oxygens (including phenoxy) is 1. The minimum Gasteiger partial charge on any atom is -0.492 e.